The number of nitrogens with one attached hydrogen (secondary N) is 2. The Morgan fingerprint density at radius 2 is 2.10 bits per heavy atom. The summed E-state index contributed by atoms with van der Waals surface area (Å²) in [5.74, 6) is -1.19. The third kappa shape index (κ3) is 7.62. The molecule has 0 spiro atoms. The summed E-state index contributed by atoms with van der Waals surface area (Å²) in [6.07, 6.45) is -2.77. The van der Waals surface area contributed by atoms with Crippen LogP contribution < -0.4 is 15.4 Å². The summed E-state index contributed by atoms with van der Waals surface area (Å²) >= 11 is 0. The maximum absolute atomic E-state index is 12.3. The van der Waals surface area contributed by atoms with Gasteiger partial charge in [-0.1, -0.05) is 19.9 Å². The van der Waals surface area contributed by atoms with E-state index in [0.29, 0.717) is 24.3 Å². The highest BCUT2D eigenvalue weighted by molar-refractivity contribution is 5.92. The van der Waals surface area contributed by atoms with Gasteiger partial charge in [0.2, 0.25) is 12.2 Å². The van der Waals surface area contributed by atoms with Gasteiger partial charge in [-0.15, -0.1) is 0 Å². The summed E-state index contributed by atoms with van der Waals surface area (Å²) in [5, 5.41) is 25.0. The van der Waals surface area contributed by atoms with Crippen LogP contribution in [0.2, 0.25) is 0 Å². The molecule has 1 aromatic carbocycles. The Balaban J connectivity index is 2.13. The monoisotopic (exact) mass is 424 g/mol. The van der Waals surface area contributed by atoms with E-state index in [1.54, 1.807) is 18.2 Å². The van der Waals surface area contributed by atoms with Crippen LogP contribution in [-0.2, 0) is 30.5 Å². The SMILES string of the molecule is CC(C)NCCC(=O)Nc1cc(COC=O)ccc1OC1CC(O)CC(C(=O)O)O1. The van der Waals surface area contributed by atoms with Crippen molar-refractivity contribution in [3.63, 3.8) is 0 Å². The molecule has 0 aliphatic carbocycles. The second kappa shape index (κ2) is 11.5. The Kier molecular flexibility index (Phi) is 9.03. The molecule has 1 aromatic rings. The number of ether oxygens (including phenoxy) is 3. The minimum Gasteiger partial charge on any atom is -0.479 e. The average Bonchev–Trinajstić information content (AvgIpc) is 2.67. The van der Waals surface area contributed by atoms with E-state index >= 15 is 0 Å². The van der Waals surface area contributed by atoms with E-state index in [-0.39, 0.29) is 43.6 Å². The fourth-order valence-electron chi connectivity index (χ4n) is 2.92. The molecule has 0 radical (unpaired) electrons. The molecule has 0 aromatic heterocycles. The zero-order valence-corrected chi connectivity index (χ0v) is 17.0. The summed E-state index contributed by atoms with van der Waals surface area (Å²) in [5.41, 5.74) is 0.949. The van der Waals surface area contributed by atoms with Gasteiger partial charge < -0.3 is 35.1 Å². The number of aliphatic hydroxyl groups excluding tert-OH is 1. The maximum atomic E-state index is 12.3. The number of hydrogen-bond donors (Lipinski definition) is 4. The molecule has 1 saturated heterocycles. The Hall–Kier alpha value is -2.69. The van der Waals surface area contributed by atoms with Crippen molar-refractivity contribution in [2.24, 2.45) is 0 Å². The minimum absolute atomic E-state index is 0.0152. The lowest BCUT2D eigenvalue weighted by atomic mass is 10.1. The van der Waals surface area contributed by atoms with Crippen molar-refractivity contribution < 1.29 is 38.8 Å². The fourth-order valence-corrected chi connectivity index (χ4v) is 2.92. The number of carbonyl (C=O) groups excluding carboxylic acids is 2. The second-order valence-electron chi connectivity index (χ2n) is 7.28. The van der Waals surface area contributed by atoms with E-state index in [1.165, 1.54) is 0 Å². The smallest absolute Gasteiger partial charge is 0.333 e. The van der Waals surface area contributed by atoms with Crippen molar-refractivity contribution in [3.05, 3.63) is 23.8 Å². The Labute approximate surface area is 174 Å². The number of aliphatic carboxylic acids is 1. The molecule has 30 heavy (non-hydrogen) atoms. The molecule has 1 fully saturated rings. The standard InChI is InChI=1S/C20H28N2O8/c1-12(2)21-6-5-18(25)22-15-7-13(10-28-11-23)3-4-16(15)29-19-9-14(24)8-17(30-19)20(26)27/h3-4,7,11-12,14,17,19,21,24H,5-6,8-10H2,1-2H3,(H,22,25)(H,26,27). The van der Waals surface area contributed by atoms with Gasteiger partial charge in [-0.3, -0.25) is 9.59 Å². The third-order valence-corrected chi connectivity index (χ3v) is 4.34. The molecule has 3 atom stereocenters. The molecular weight excluding hydrogens is 396 g/mol. The number of aliphatic hydroxyl groups is 1. The van der Waals surface area contributed by atoms with Crippen LogP contribution in [-0.4, -0.2) is 59.6 Å². The third-order valence-electron chi connectivity index (χ3n) is 4.34. The number of amides is 1. The van der Waals surface area contributed by atoms with Gasteiger partial charge in [0, 0.05) is 31.8 Å². The Bertz CT molecular complexity index is 740. The van der Waals surface area contributed by atoms with Crippen molar-refractivity contribution in [2.45, 2.75) is 64.3 Å². The van der Waals surface area contributed by atoms with Crippen molar-refractivity contribution in [3.8, 4) is 5.75 Å². The van der Waals surface area contributed by atoms with Crippen molar-refractivity contribution in [1.82, 2.24) is 5.32 Å². The molecule has 10 nitrogen and oxygen atoms in total. The second-order valence-corrected chi connectivity index (χ2v) is 7.28. The molecule has 0 bridgehead atoms. The highest BCUT2D eigenvalue weighted by atomic mass is 16.7. The van der Waals surface area contributed by atoms with Gasteiger partial charge in [-0.2, -0.15) is 0 Å². The molecule has 166 valence electrons. The van der Waals surface area contributed by atoms with Crippen molar-refractivity contribution in [2.75, 3.05) is 11.9 Å². The summed E-state index contributed by atoms with van der Waals surface area (Å²) in [7, 11) is 0. The molecular formula is C20H28N2O8. The predicted octanol–water partition coefficient (Wildman–Crippen LogP) is 1.02. The van der Waals surface area contributed by atoms with Crippen LogP contribution in [0.25, 0.3) is 0 Å². The van der Waals surface area contributed by atoms with Crippen LogP contribution in [0.5, 0.6) is 5.75 Å². The molecule has 1 amide bonds. The first kappa shape index (κ1) is 23.6. The van der Waals surface area contributed by atoms with E-state index in [9.17, 15) is 19.5 Å². The van der Waals surface area contributed by atoms with E-state index in [4.69, 9.17) is 19.3 Å². The van der Waals surface area contributed by atoms with E-state index in [0.717, 1.165) is 0 Å². The topological polar surface area (TPSA) is 143 Å². The molecule has 0 saturated carbocycles. The minimum atomic E-state index is -1.19. The lowest BCUT2D eigenvalue weighted by molar-refractivity contribution is -0.195. The highest BCUT2D eigenvalue weighted by Gasteiger charge is 2.34. The molecule has 2 rings (SSSR count). The first-order valence-corrected chi connectivity index (χ1v) is 9.73. The zero-order valence-electron chi connectivity index (χ0n) is 17.0. The van der Waals surface area contributed by atoms with Crippen LogP contribution in [0.1, 0.15) is 38.7 Å². The van der Waals surface area contributed by atoms with Gasteiger partial charge in [-0.05, 0) is 17.7 Å². The van der Waals surface area contributed by atoms with E-state index < -0.39 is 24.5 Å². The van der Waals surface area contributed by atoms with Gasteiger partial charge >= 0.3 is 5.97 Å². The lowest BCUT2D eigenvalue weighted by Crippen LogP contribution is -2.42. The van der Waals surface area contributed by atoms with Crippen LogP contribution >= 0.6 is 0 Å². The number of carbonyl (C=O) groups is 3. The van der Waals surface area contributed by atoms with Gasteiger partial charge in [0.1, 0.15) is 12.4 Å². The Morgan fingerprint density at radius 3 is 2.77 bits per heavy atom. The van der Waals surface area contributed by atoms with Crippen molar-refractivity contribution >= 4 is 24.0 Å². The van der Waals surface area contributed by atoms with E-state index in [2.05, 4.69) is 10.6 Å². The van der Waals surface area contributed by atoms with Gasteiger partial charge in [-0.25, -0.2) is 4.79 Å². The number of carboxylic acid groups (broad SMARTS) is 1. The van der Waals surface area contributed by atoms with Crippen LogP contribution in [0.4, 0.5) is 5.69 Å². The first-order chi connectivity index (χ1) is 14.3. The quantitative estimate of drug-likeness (QED) is 0.383. The molecule has 1 aliphatic rings. The Morgan fingerprint density at radius 1 is 1.33 bits per heavy atom. The van der Waals surface area contributed by atoms with Crippen LogP contribution in [0, 0.1) is 0 Å². The lowest BCUT2D eigenvalue weighted by Gasteiger charge is -2.31. The summed E-state index contributed by atoms with van der Waals surface area (Å²) in [6, 6.07) is 5.05. The number of hydrogen-bond acceptors (Lipinski definition) is 8. The maximum Gasteiger partial charge on any atom is 0.333 e. The predicted molar refractivity (Wildman–Crippen MR) is 106 cm³/mol. The van der Waals surface area contributed by atoms with Gasteiger partial charge in [0.25, 0.3) is 6.47 Å². The molecule has 1 aliphatic heterocycles. The van der Waals surface area contributed by atoms with Crippen LogP contribution in [0.3, 0.4) is 0 Å². The zero-order chi connectivity index (χ0) is 22.1. The number of carboxylic acids is 1. The fraction of sp³-hybridized carbons (Fsp3) is 0.550. The largest absolute Gasteiger partial charge is 0.479 e. The highest BCUT2D eigenvalue weighted by Crippen LogP contribution is 2.30. The number of rotatable bonds is 11. The van der Waals surface area contributed by atoms with E-state index in [1.807, 2.05) is 13.8 Å². The summed E-state index contributed by atoms with van der Waals surface area (Å²) in [4.78, 5) is 34.0. The van der Waals surface area contributed by atoms with Gasteiger partial charge in [0.15, 0.2) is 6.10 Å². The molecule has 4 N–H and O–H groups in total. The summed E-state index contributed by atoms with van der Waals surface area (Å²) in [6.45, 7) is 4.78. The molecule has 10 heteroatoms. The summed E-state index contributed by atoms with van der Waals surface area (Å²) < 4.78 is 15.9. The number of anilines is 1. The molecule has 3 unspecified atom stereocenters. The normalized spacial score (nSPS) is 21.1. The van der Waals surface area contributed by atoms with Crippen LogP contribution in [0.15, 0.2) is 18.2 Å². The average molecular weight is 424 g/mol. The van der Waals surface area contributed by atoms with Gasteiger partial charge in [0.05, 0.1) is 11.8 Å². The first-order valence-electron chi connectivity index (χ1n) is 9.73. The molecule has 1 heterocycles. The number of benzene rings is 1. The van der Waals surface area contributed by atoms with Crippen molar-refractivity contribution in [1.29, 1.82) is 0 Å².